The maximum Gasteiger partial charge on any atom is 0.222 e. The Bertz CT molecular complexity index is 682. The van der Waals surface area contributed by atoms with Gasteiger partial charge < -0.3 is 14.5 Å². The van der Waals surface area contributed by atoms with Crippen LogP contribution in [0.25, 0.3) is 0 Å². The molecule has 1 aromatic carbocycles. The third kappa shape index (κ3) is 5.30. The molecule has 138 valence electrons. The Balaban J connectivity index is 1.43. The van der Waals surface area contributed by atoms with Crippen molar-refractivity contribution in [2.75, 3.05) is 44.8 Å². The normalized spacial score (nSPS) is 14.3. The number of likely N-dealkylation sites (N-methyl/N-ethyl adjacent to an activating group) is 1. The van der Waals surface area contributed by atoms with Crippen molar-refractivity contribution in [2.24, 2.45) is 0 Å². The molecule has 2 heterocycles. The summed E-state index contributed by atoms with van der Waals surface area (Å²) in [7, 11) is 1.88. The molecule has 2 aromatic rings. The van der Waals surface area contributed by atoms with Crippen molar-refractivity contribution in [3.05, 3.63) is 59.9 Å². The van der Waals surface area contributed by atoms with Crippen LogP contribution in [0.4, 0.5) is 5.69 Å². The molecule has 5 heteroatoms. The van der Waals surface area contributed by atoms with Crippen LogP contribution in [0.5, 0.6) is 0 Å². The topological polar surface area (TPSA) is 45.7 Å². The minimum absolute atomic E-state index is 0.191. The number of pyridine rings is 1. The number of rotatable bonds is 7. The predicted molar refractivity (Wildman–Crippen MR) is 103 cm³/mol. The number of hydrogen-bond donors (Lipinski definition) is 0. The van der Waals surface area contributed by atoms with E-state index in [9.17, 15) is 4.79 Å². The Morgan fingerprint density at radius 3 is 2.38 bits per heavy atom. The summed E-state index contributed by atoms with van der Waals surface area (Å²) in [5, 5.41) is 0. The number of nitrogens with zero attached hydrogens (tertiary/aromatic N) is 3. The van der Waals surface area contributed by atoms with E-state index in [2.05, 4.69) is 34.1 Å². The molecule has 0 radical (unpaired) electrons. The zero-order valence-corrected chi connectivity index (χ0v) is 15.4. The lowest BCUT2D eigenvalue weighted by Crippen LogP contribution is -2.36. The average Bonchev–Trinajstić information content (AvgIpc) is 2.72. The van der Waals surface area contributed by atoms with Crippen LogP contribution in [0, 0.1) is 0 Å². The van der Waals surface area contributed by atoms with Gasteiger partial charge in [0.05, 0.1) is 13.2 Å². The number of aryl methyl sites for hydroxylation is 1. The smallest absolute Gasteiger partial charge is 0.222 e. The van der Waals surface area contributed by atoms with E-state index in [4.69, 9.17) is 4.74 Å². The van der Waals surface area contributed by atoms with Crippen molar-refractivity contribution in [2.45, 2.75) is 19.3 Å². The van der Waals surface area contributed by atoms with E-state index in [1.165, 1.54) is 16.8 Å². The number of anilines is 1. The van der Waals surface area contributed by atoms with Crippen LogP contribution in [0.3, 0.4) is 0 Å². The van der Waals surface area contributed by atoms with E-state index in [1.807, 2.05) is 24.1 Å². The van der Waals surface area contributed by atoms with Gasteiger partial charge in [-0.25, -0.2) is 0 Å². The van der Waals surface area contributed by atoms with Crippen LogP contribution in [0.15, 0.2) is 48.8 Å². The Morgan fingerprint density at radius 1 is 1.04 bits per heavy atom. The summed E-state index contributed by atoms with van der Waals surface area (Å²) in [6, 6.07) is 12.6. The van der Waals surface area contributed by atoms with Crippen LogP contribution in [-0.4, -0.2) is 55.7 Å². The zero-order chi connectivity index (χ0) is 18.2. The average molecular weight is 353 g/mol. The molecule has 0 atom stereocenters. The summed E-state index contributed by atoms with van der Waals surface area (Å²) in [5.41, 5.74) is 3.65. The Morgan fingerprint density at radius 2 is 1.69 bits per heavy atom. The zero-order valence-electron chi connectivity index (χ0n) is 15.4. The van der Waals surface area contributed by atoms with Gasteiger partial charge in [-0.2, -0.15) is 0 Å². The second kappa shape index (κ2) is 9.34. The molecule has 1 saturated heterocycles. The molecule has 0 unspecified atom stereocenters. The third-order valence-electron chi connectivity index (χ3n) is 4.85. The summed E-state index contributed by atoms with van der Waals surface area (Å²) >= 11 is 0. The minimum atomic E-state index is 0.191. The van der Waals surface area contributed by atoms with Crippen molar-refractivity contribution in [3.63, 3.8) is 0 Å². The van der Waals surface area contributed by atoms with Gasteiger partial charge in [0.1, 0.15) is 0 Å². The van der Waals surface area contributed by atoms with E-state index < -0.39 is 0 Å². The van der Waals surface area contributed by atoms with Crippen LogP contribution in [0.2, 0.25) is 0 Å². The monoisotopic (exact) mass is 353 g/mol. The lowest BCUT2D eigenvalue weighted by Gasteiger charge is -2.28. The molecule has 3 rings (SSSR count). The summed E-state index contributed by atoms with van der Waals surface area (Å²) < 4.78 is 5.39. The molecule has 0 N–H and O–H groups in total. The first-order valence-corrected chi connectivity index (χ1v) is 9.27. The second-order valence-corrected chi connectivity index (χ2v) is 6.69. The molecular formula is C21H27N3O2. The number of carbonyl (C=O) groups excluding carboxylic acids is 1. The highest BCUT2D eigenvalue weighted by atomic mass is 16.5. The molecule has 1 aliphatic heterocycles. The van der Waals surface area contributed by atoms with Crippen molar-refractivity contribution in [1.29, 1.82) is 0 Å². The lowest BCUT2D eigenvalue weighted by atomic mass is 10.1. The van der Waals surface area contributed by atoms with Gasteiger partial charge in [0.2, 0.25) is 5.91 Å². The number of benzene rings is 1. The Hall–Kier alpha value is -2.40. The molecular weight excluding hydrogens is 326 g/mol. The highest BCUT2D eigenvalue weighted by Crippen LogP contribution is 2.17. The molecule has 0 bridgehead atoms. The highest BCUT2D eigenvalue weighted by molar-refractivity contribution is 5.76. The fraction of sp³-hybridized carbons (Fsp3) is 0.429. The van der Waals surface area contributed by atoms with Gasteiger partial charge in [-0.1, -0.05) is 12.1 Å². The van der Waals surface area contributed by atoms with Crippen molar-refractivity contribution >= 4 is 11.6 Å². The van der Waals surface area contributed by atoms with Crippen LogP contribution in [-0.2, 0) is 22.4 Å². The summed E-state index contributed by atoms with van der Waals surface area (Å²) in [4.78, 5) is 20.5. The maximum absolute atomic E-state index is 12.3. The molecule has 0 aliphatic carbocycles. The van der Waals surface area contributed by atoms with E-state index in [0.29, 0.717) is 6.42 Å². The third-order valence-corrected chi connectivity index (χ3v) is 4.85. The standard InChI is InChI=1S/C21H27N3O2/c1-23(13-10-19-8-11-22-12-9-19)21(25)7-4-18-2-5-20(6-3-18)24-14-16-26-17-15-24/h2-3,5-6,8-9,11-12H,4,7,10,13-17H2,1H3. The van der Waals surface area contributed by atoms with E-state index in [0.717, 1.165) is 45.7 Å². The quantitative estimate of drug-likeness (QED) is 0.767. The molecule has 1 aliphatic rings. The van der Waals surface area contributed by atoms with Gasteiger partial charge in [0.15, 0.2) is 0 Å². The maximum atomic E-state index is 12.3. The predicted octanol–water partition coefficient (Wildman–Crippen LogP) is 2.55. The van der Waals surface area contributed by atoms with E-state index in [-0.39, 0.29) is 5.91 Å². The fourth-order valence-corrected chi connectivity index (χ4v) is 3.11. The van der Waals surface area contributed by atoms with Crippen LogP contribution >= 0.6 is 0 Å². The summed E-state index contributed by atoms with van der Waals surface area (Å²) in [6.07, 6.45) is 5.76. The number of carbonyl (C=O) groups is 1. The number of amides is 1. The largest absolute Gasteiger partial charge is 0.378 e. The molecule has 1 amide bonds. The van der Waals surface area contributed by atoms with E-state index >= 15 is 0 Å². The minimum Gasteiger partial charge on any atom is -0.378 e. The summed E-state index contributed by atoms with van der Waals surface area (Å²) in [5.74, 6) is 0.191. The van der Waals surface area contributed by atoms with Gasteiger partial charge in [0, 0.05) is 51.2 Å². The Kier molecular flexibility index (Phi) is 6.61. The molecule has 1 aromatic heterocycles. The van der Waals surface area contributed by atoms with Crippen molar-refractivity contribution in [1.82, 2.24) is 9.88 Å². The lowest BCUT2D eigenvalue weighted by molar-refractivity contribution is -0.129. The first-order chi connectivity index (χ1) is 12.7. The van der Waals surface area contributed by atoms with Gasteiger partial charge in [-0.15, -0.1) is 0 Å². The number of hydrogen-bond acceptors (Lipinski definition) is 4. The number of aromatic nitrogens is 1. The number of morpholine rings is 1. The van der Waals surface area contributed by atoms with Gasteiger partial charge >= 0.3 is 0 Å². The fourth-order valence-electron chi connectivity index (χ4n) is 3.11. The van der Waals surface area contributed by atoms with Crippen LogP contribution in [0.1, 0.15) is 17.5 Å². The van der Waals surface area contributed by atoms with Crippen molar-refractivity contribution in [3.8, 4) is 0 Å². The summed E-state index contributed by atoms with van der Waals surface area (Å²) in [6.45, 7) is 4.21. The molecule has 26 heavy (non-hydrogen) atoms. The molecule has 1 fully saturated rings. The van der Waals surface area contributed by atoms with Crippen molar-refractivity contribution < 1.29 is 9.53 Å². The number of ether oxygens (including phenoxy) is 1. The highest BCUT2D eigenvalue weighted by Gasteiger charge is 2.12. The van der Waals surface area contributed by atoms with Gasteiger partial charge in [0.25, 0.3) is 0 Å². The molecule has 0 spiro atoms. The SMILES string of the molecule is CN(CCc1ccncc1)C(=O)CCc1ccc(N2CCOCC2)cc1. The first-order valence-electron chi connectivity index (χ1n) is 9.27. The van der Waals surface area contributed by atoms with E-state index in [1.54, 1.807) is 12.4 Å². The second-order valence-electron chi connectivity index (χ2n) is 6.69. The van der Waals surface area contributed by atoms with Gasteiger partial charge in [-0.3, -0.25) is 9.78 Å². The molecule has 5 nitrogen and oxygen atoms in total. The Labute approximate surface area is 155 Å². The van der Waals surface area contributed by atoms with Gasteiger partial charge in [-0.05, 0) is 48.2 Å². The first kappa shape index (κ1) is 18.4. The molecule has 0 saturated carbocycles. The van der Waals surface area contributed by atoms with Crippen LogP contribution < -0.4 is 4.90 Å².